The van der Waals surface area contributed by atoms with Crippen molar-refractivity contribution in [2.75, 3.05) is 20.3 Å². The Hall–Kier alpha value is -1.71. The molecule has 0 saturated carbocycles. The molecule has 1 unspecified atom stereocenters. The SMILES string of the molecule is CC.CN1CNC(C[C@H]2Cc3cc(F)ccc3Cc3ccccc32)C1. The summed E-state index contributed by atoms with van der Waals surface area (Å²) in [6, 6.07) is 14.6. The maximum atomic E-state index is 13.7. The standard InChI is InChI=1S/C20H23FN2.C2H6/c1-23-12-19(22-13-23)11-17-9-16-10-18(21)7-6-14(16)8-15-4-2-3-5-20(15)17;1-2/h2-7,10,17,19,22H,8-9,11-13H2,1H3;1-2H3/t17-,19?;/m1./s1. The lowest BCUT2D eigenvalue weighted by molar-refractivity contribution is 0.400. The van der Waals surface area contributed by atoms with E-state index in [4.69, 9.17) is 0 Å². The van der Waals surface area contributed by atoms with Gasteiger partial charge in [-0.3, -0.25) is 4.90 Å². The van der Waals surface area contributed by atoms with E-state index in [1.165, 1.54) is 22.3 Å². The topological polar surface area (TPSA) is 15.3 Å². The zero-order valence-corrected chi connectivity index (χ0v) is 15.6. The summed E-state index contributed by atoms with van der Waals surface area (Å²) in [5.74, 6) is 0.338. The van der Waals surface area contributed by atoms with Crippen molar-refractivity contribution in [2.45, 2.75) is 45.1 Å². The van der Waals surface area contributed by atoms with Crippen LogP contribution in [0.25, 0.3) is 0 Å². The van der Waals surface area contributed by atoms with E-state index in [0.29, 0.717) is 12.0 Å². The maximum Gasteiger partial charge on any atom is 0.123 e. The van der Waals surface area contributed by atoms with Crippen LogP contribution in [-0.2, 0) is 12.8 Å². The van der Waals surface area contributed by atoms with Gasteiger partial charge in [0.1, 0.15) is 5.82 Å². The van der Waals surface area contributed by atoms with Crippen molar-refractivity contribution in [1.29, 1.82) is 0 Å². The number of rotatable bonds is 2. The number of fused-ring (bicyclic) bond motifs is 2. The Bertz CT molecular complexity index is 713. The molecule has 1 aliphatic carbocycles. The molecular formula is C22H29FN2. The van der Waals surface area contributed by atoms with Crippen molar-refractivity contribution in [1.82, 2.24) is 10.2 Å². The molecule has 0 radical (unpaired) electrons. The fourth-order valence-corrected chi connectivity index (χ4v) is 4.13. The highest BCUT2D eigenvalue weighted by molar-refractivity contribution is 5.42. The van der Waals surface area contributed by atoms with E-state index >= 15 is 0 Å². The van der Waals surface area contributed by atoms with Gasteiger partial charge in [-0.25, -0.2) is 4.39 Å². The van der Waals surface area contributed by atoms with Crippen LogP contribution in [0.1, 0.15) is 48.4 Å². The molecule has 3 heteroatoms. The van der Waals surface area contributed by atoms with Crippen LogP contribution >= 0.6 is 0 Å². The molecule has 1 N–H and O–H groups in total. The Kier molecular flexibility index (Phi) is 5.87. The lowest BCUT2D eigenvalue weighted by atomic mass is 9.86. The van der Waals surface area contributed by atoms with Crippen LogP contribution in [0.5, 0.6) is 0 Å². The second-order valence-corrected chi connectivity index (χ2v) is 7.02. The summed E-state index contributed by atoms with van der Waals surface area (Å²) in [7, 11) is 2.15. The van der Waals surface area contributed by atoms with Crippen LogP contribution in [0.4, 0.5) is 4.39 Å². The van der Waals surface area contributed by atoms with Gasteiger partial charge in [0.05, 0.1) is 0 Å². The van der Waals surface area contributed by atoms with Crippen LogP contribution < -0.4 is 5.32 Å². The van der Waals surface area contributed by atoms with Crippen molar-refractivity contribution in [2.24, 2.45) is 0 Å². The summed E-state index contributed by atoms with van der Waals surface area (Å²) in [6.45, 7) is 6.05. The average Bonchev–Trinajstić information content (AvgIpc) is 2.96. The zero-order valence-electron chi connectivity index (χ0n) is 15.6. The average molecular weight is 340 g/mol. The predicted molar refractivity (Wildman–Crippen MR) is 102 cm³/mol. The molecule has 2 atom stereocenters. The summed E-state index contributed by atoms with van der Waals surface area (Å²) < 4.78 is 13.7. The first-order chi connectivity index (χ1) is 12.2. The molecule has 0 spiro atoms. The second kappa shape index (κ2) is 8.11. The molecule has 2 aliphatic rings. The Labute approximate surface area is 151 Å². The van der Waals surface area contributed by atoms with Gasteiger partial charge in [-0.05, 0) is 66.6 Å². The number of halogens is 1. The van der Waals surface area contributed by atoms with Gasteiger partial charge >= 0.3 is 0 Å². The molecule has 134 valence electrons. The van der Waals surface area contributed by atoms with Crippen molar-refractivity contribution < 1.29 is 4.39 Å². The number of benzene rings is 2. The Balaban J connectivity index is 0.000000880. The highest BCUT2D eigenvalue weighted by Gasteiger charge is 2.27. The van der Waals surface area contributed by atoms with Gasteiger partial charge < -0.3 is 5.32 Å². The van der Waals surface area contributed by atoms with E-state index in [0.717, 1.165) is 32.5 Å². The highest BCUT2D eigenvalue weighted by Crippen LogP contribution is 2.35. The first kappa shape index (κ1) is 18.1. The van der Waals surface area contributed by atoms with E-state index in [2.05, 4.69) is 41.5 Å². The van der Waals surface area contributed by atoms with E-state index in [1.54, 1.807) is 12.1 Å². The molecule has 1 saturated heterocycles. The number of nitrogens with zero attached hydrogens (tertiary/aromatic N) is 1. The van der Waals surface area contributed by atoms with Crippen LogP contribution in [0.2, 0.25) is 0 Å². The minimum atomic E-state index is -0.118. The maximum absolute atomic E-state index is 13.7. The van der Waals surface area contributed by atoms with Crippen molar-refractivity contribution in [3.8, 4) is 0 Å². The smallest absolute Gasteiger partial charge is 0.123 e. The lowest BCUT2D eigenvalue weighted by Crippen LogP contribution is -2.26. The molecule has 2 aromatic rings. The first-order valence-electron chi connectivity index (χ1n) is 9.46. The fraction of sp³-hybridized carbons (Fsp3) is 0.455. The molecule has 25 heavy (non-hydrogen) atoms. The van der Waals surface area contributed by atoms with Crippen molar-refractivity contribution >= 4 is 0 Å². The third kappa shape index (κ3) is 4.10. The monoisotopic (exact) mass is 340 g/mol. The number of nitrogens with one attached hydrogen (secondary N) is 1. The summed E-state index contributed by atoms with van der Waals surface area (Å²) >= 11 is 0. The number of hydrogen-bond donors (Lipinski definition) is 1. The molecule has 2 nitrogen and oxygen atoms in total. The molecule has 1 fully saturated rings. The minimum absolute atomic E-state index is 0.118. The van der Waals surface area contributed by atoms with Crippen LogP contribution in [-0.4, -0.2) is 31.2 Å². The van der Waals surface area contributed by atoms with Gasteiger partial charge in [-0.1, -0.05) is 44.2 Å². The fourth-order valence-electron chi connectivity index (χ4n) is 4.13. The Morgan fingerprint density at radius 3 is 2.64 bits per heavy atom. The third-order valence-electron chi connectivity index (χ3n) is 5.26. The van der Waals surface area contributed by atoms with Gasteiger partial charge in [0.25, 0.3) is 0 Å². The zero-order chi connectivity index (χ0) is 17.8. The molecule has 1 heterocycles. The molecule has 0 aromatic heterocycles. The molecule has 2 aromatic carbocycles. The molecular weight excluding hydrogens is 311 g/mol. The summed E-state index contributed by atoms with van der Waals surface area (Å²) in [5.41, 5.74) is 5.30. The Morgan fingerprint density at radius 2 is 1.88 bits per heavy atom. The van der Waals surface area contributed by atoms with E-state index in [1.807, 2.05) is 19.9 Å². The van der Waals surface area contributed by atoms with Crippen molar-refractivity contribution in [3.05, 3.63) is 70.5 Å². The van der Waals surface area contributed by atoms with Crippen LogP contribution in [0.3, 0.4) is 0 Å². The van der Waals surface area contributed by atoms with Gasteiger partial charge in [0.2, 0.25) is 0 Å². The quantitative estimate of drug-likeness (QED) is 0.875. The molecule has 0 amide bonds. The Morgan fingerprint density at radius 1 is 1.08 bits per heavy atom. The van der Waals surface area contributed by atoms with Crippen molar-refractivity contribution in [3.63, 3.8) is 0 Å². The summed E-state index contributed by atoms with van der Waals surface area (Å²) in [6.07, 6.45) is 2.96. The third-order valence-corrected chi connectivity index (χ3v) is 5.26. The summed E-state index contributed by atoms with van der Waals surface area (Å²) in [4.78, 5) is 2.32. The summed E-state index contributed by atoms with van der Waals surface area (Å²) in [5, 5.41) is 3.59. The second-order valence-electron chi connectivity index (χ2n) is 7.02. The van der Waals surface area contributed by atoms with E-state index in [9.17, 15) is 4.39 Å². The molecule has 1 aliphatic heterocycles. The number of hydrogen-bond acceptors (Lipinski definition) is 2. The van der Waals surface area contributed by atoms with Gasteiger partial charge in [-0.15, -0.1) is 0 Å². The van der Waals surface area contributed by atoms with Gasteiger partial charge in [0, 0.05) is 19.3 Å². The minimum Gasteiger partial charge on any atom is -0.300 e. The first-order valence-corrected chi connectivity index (χ1v) is 9.46. The normalized spacial score (nSPS) is 22.4. The predicted octanol–water partition coefficient (Wildman–Crippen LogP) is 4.33. The van der Waals surface area contributed by atoms with Crippen LogP contribution in [0, 0.1) is 5.82 Å². The number of likely N-dealkylation sites (N-methyl/N-ethyl adjacent to an activating group) is 1. The molecule has 0 bridgehead atoms. The largest absolute Gasteiger partial charge is 0.300 e. The van der Waals surface area contributed by atoms with Crippen LogP contribution in [0.15, 0.2) is 42.5 Å². The van der Waals surface area contributed by atoms with Gasteiger partial charge in [0.15, 0.2) is 0 Å². The van der Waals surface area contributed by atoms with E-state index < -0.39 is 0 Å². The lowest BCUT2D eigenvalue weighted by Gasteiger charge is -2.22. The highest BCUT2D eigenvalue weighted by atomic mass is 19.1. The van der Waals surface area contributed by atoms with Gasteiger partial charge in [-0.2, -0.15) is 0 Å². The van der Waals surface area contributed by atoms with E-state index in [-0.39, 0.29) is 5.82 Å². The molecule has 4 rings (SSSR count).